The van der Waals surface area contributed by atoms with Crippen molar-refractivity contribution in [1.82, 2.24) is 9.88 Å². The van der Waals surface area contributed by atoms with Crippen molar-refractivity contribution in [3.05, 3.63) is 18.2 Å². The molecule has 0 bridgehead atoms. The van der Waals surface area contributed by atoms with Crippen LogP contribution in [0.3, 0.4) is 0 Å². The first-order valence-electron chi connectivity index (χ1n) is 6.58. The lowest BCUT2D eigenvalue weighted by atomic mass is 10.0. The second-order valence-electron chi connectivity index (χ2n) is 5.88. The van der Waals surface area contributed by atoms with E-state index in [1.807, 2.05) is 18.2 Å². The molecule has 19 heavy (non-hydrogen) atoms. The van der Waals surface area contributed by atoms with Gasteiger partial charge in [-0.1, -0.05) is 0 Å². The molecule has 1 aliphatic rings. The van der Waals surface area contributed by atoms with Crippen molar-refractivity contribution < 1.29 is 4.42 Å². The fourth-order valence-electron chi connectivity index (χ4n) is 2.47. The number of nitrogens with zero attached hydrogens (tertiary/aromatic N) is 3. The summed E-state index contributed by atoms with van der Waals surface area (Å²) in [5.41, 5.74) is 8.21. The van der Waals surface area contributed by atoms with Crippen molar-refractivity contribution in [3.8, 4) is 0 Å². The van der Waals surface area contributed by atoms with E-state index >= 15 is 0 Å². The van der Waals surface area contributed by atoms with Crippen molar-refractivity contribution in [2.75, 3.05) is 37.3 Å². The number of nitrogen functional groups attached to an aromatic ring is 1. The summed E-state index contributed by atoms with van der Waals surface area (Å²) in [5, 5.41) is 0. The molecule has 1 saturated heterocycles. The number of rotatable bonds is 1. The van der Waals surface area contributed by atoms with Gasteiger partial charge in [0.2, 0.25) is 0 Å². The van der Waals surface area contributed by atoms with Crippen molar-refractivity contribution in [3.63, 3.8) is 0 Å². The number of benzene rings is 1. The Bertz CT molecular complexity index is 605. The highest BCUT2D eigenvalue weighted by Gasteiger charge is 2.32. The summed E-state index contributed by atoms with van der Waals surface area (Å²) in [6, 6.07) is 6.27. The summed E-state index contributed by atoms with van der Waals surface area (Å²) < 4.78 is 5.83. The van der Waals surface area contributed by atoms with Gasteiger partial charge in [0.25, 0.3) is 6.01 Å². The van der Waals surface area contributed by atoms with E-state index in [0.717, 1.165) is 30.7 Å². The SMILES string of the molecule is CN1CCN(c2nc3ccc(N)cc3o2)CC1(C)C. The molecule has 0 aliphatic carbocycles. The van der Waals surface area contributed by atoms with Crippen LogP contribution in [0.2, 0.25) is 0 Å². The first kappa shape index (κ1) is 12.3. The fourth-order valence-corrected chi connectivity index (χ4v) is 2.47. The van der Waals surface area contributed by atoms with Crippen molar-refractivity contribution in [2.45, 2.75) is 19.4 Å². The molecule has 5 nitrogen and oxygen atoms in total. The zero-order valence-corrected chi connectivity index (χ0v) is 11.7. The molecule has 0 spiro atoms. The van der Waals surface area contributed by atoms with E-state index in [-0.39, 0.29) is 5.54 Å². The fraction of sp³-hybridized carbons (Fsp3) is 0.500. The molecule has 1 aliphatic heterocycles. The summed E-state index contributed by atoms with van der Waals surface area (Å²) in [5.74, 6) is 0. The van der Waals surface area contributed by atoms with E-state index in [4.69, 9.17) is 10.2 Å². The summed E-state index contributed by atoms with van der Waals surface area (Å²) in [4.78, 5) is 9.12. The van der Waals surface area contributed by atoms with Gasteiger partial charge in [-0.05, 0) is 33.0 Å². The Balaban J connectivity index is 1.92. The zero-order chi connectivity index (χ0) is 13.6. The highest BCUT2D eigenvalue weighted by molar-refractivity contribution is 5.78. The first-order valence-corrected chi connectivity index (χ1v) is 6.58. The van der Waals surface area contributed by atoms with E-state index in [1.165, 1.54) is 0 Å². The smallest absolute Gasteiger partial charge is 0.298 e. The minimum atomic E-state index is 0.123. The average molecular weight is 260 g/mol. The Morgan fingerprint density at radius 2 is 2.11 bits per heavy atom. The Kier molecular flexibility index (Phi) is 2.67. The number of oxazole rings is 1. The predicted molar refractivity (Wildman–Crippen MR) is 77.3 cm³/mol. The lowest BCUT2D eigenvalue weighted by molar-refractivity contribution is 0.136. The molecular weight excluding hydrogens is 240 g/mol. The van der Waals surface area contributed by atoms with Crippen LogP contribution >= 0.6 is 0 Å². The molecule has 0 radical (unpaired) electrons. The minimum Gasteiger partial charge on any atom is -0.423 e. The average Bonchev–Trinajstić information content (AvgIpc) is 2.75. The van der Waals surface area contributed by atoms with Crippen LogP contribution in [-0.2, 0) is 0 Å². The van der Waals surface area contributed by atoms with Crippen LogP contribution in [0.1, 0.15) is 13.8 Å². The minimum absolute atomic E-state index is 0.123. The summed E-state index contributed by atoms with van der Waals surface area (Å²) in [6.07, 6.45) is 0. The molecule has 5 heteroatoms. The lowest BCUT2D eigenvalue weighted by Gasteiger charge is -2.44. The molecule has 3 rings (SSSR count). The molecule has 2 aromatic rings. The Labute approximate surface area is 113 Å². The maximum absolute atomic E-state index is 5.83. The molecular formula is C14H20N4O. The Morgan fingerprint density at radius 3 is 2.84 bits per heavy atom. The monoisotopic (exact) mass is 260 g/mol. The first-order chi connectivity index (χ1) is 8.95. The summed E-state index contributed by atoms with van der Waals surface area (Å²) >= 11 is 0. The highest BCUT2D eigenvalue weighted by atomic mass is 16.4. The quantitative estimate of drug-likeness (QED) is 0.794. The van der Waals surface area contributed by atoms with Crippen molar-refractivity contribution in [2.24, 2.45) is 0 Å². The van der Waals surface area contributed by atoms with E-state index in [0.29, 0.717) is 11.7 Å². The number of piperazine rings is 1. The number of likely N-dealkylation sites (N-methyl/N-ethyl adjacent to an activating group) is 1. The van der Waals surface area contributed by atoms with Crippen LogP contribution in [0.15, 0.2) is 22.6 Å². The number of anilines is 2. The molecule has 1 fully saturated rings. The van der Waals surface area contributed by atoms with Crippen LogP contribution in [0.5, 0.6) is 0 Å². The second-order valence-corrected chi connectivity index (χ2v) is 5.88. The third-order valence-electron chi connectivity index (χ3n) is 3.99. The van der Waals surface area contributed by atoms with Gasteiger partial charge in [0.1, 0.15) is 5.52 Å². The zero-order valence-electron chi connectivity index (χ0n) is 11.7. The van der Waals surface area contributed by atoms with Gasteiger partial charge in [0.15, 0.2) is 5.58 Å². The van der Waals surface area contributed by atoms with Crippen molar-refractivity contribution in [1.29, 1.82) is 0 Å². The van der Waals surface area contributed by atoms with Crippen LogP contribution in [0.4, 0.5) is 11.7 Å². The van der Waals surface area contributed by atoms with Gasteiger partial charge < -0.3 is 15.1 Å². The van der Waals surface area contributed by atoms with Crippen LogP contribution < -0.4 is 10.6 Å². The molecule has 2 N–H and O–H groups in total. The van der Waals surface area contributed by atoms with E-state index in [9.17, 15) is 0 Å². The normalized spacial score (nSPS) is 20.1. The van der Waals surface area contributed by atoms with Crippen molar-refractivity contribution >= 4 is 22.8 Å². The van der Waals surface area contributed by atoms with Crippen LogP contribution in [-0.4, -0.2) is 42.1 Å². The maximum Gasteiger partial charge on any atom is 0.298 e. The lowest BCUT2D eigenvalue weighted by Crippen LogP contribution is -2.57. The molecule has 2 heterocycles. The number of aromatic nitrogens is 1. The molecule has 0 atom stereocenters. The molecule has 102 valence electrons. The van der Waals surface area contributed by atoms with Gasteiger partial charge in [0, 0.05) is 36.9 Å². The maximum atomic E-state index is 5.83. The molecule has 0 amide bonds. The van der Waals surface area contributed by atoms with E-state index < -0.39 is 0 Å². The van der Waals surface area contributed by atoms with Gasteiger partial charge in [-0.15, -0.1) is 0 Å². The van der Waals surface area contributed by atoms with Gasteiger partial charge in [-0.25, -0.2) is 0 Å². The summed E-state index contributed by atoms with van der Waals surface area (Å²) in [7, 11) is 2.16. The molecule has 1 aromatic carbocycles. The third-order valence-corrected chi connectivity index (χ3v) is 3.99. The van der Waals surface area contributed by atoms with Gasteiger partial charge in [-0.3, -0.25) is 4.90 Å². The van der Waals surface area contributed by atoms with E-state index in [2.05, 4.69) is 35.7 Å². The Morgan fingerprint density at radius 1 is 1.32 bits per heavy atom. The summed E-state index contributed by atoms with van der Waals surface area (Å²) in [6.45, 7) is 7.32. The standard InChI is InChI=1S/C14H20N4O/c1-14(2)9-18(7-6-17(14)3)13-16-11-5-4-10(15)8-12(11)19-13/h4-5,8H,6-7,9,15H2,1-3H3. The largest absolute Gasteiger partial charge is 0.423 e. The molecule has 0 saturated carbocycles. The van der Waals surface area contributed by atoms with Gasteiger partial charge in [0.05, 0.1) is 0 Å². The highest BCUT2D eigenvalue weighted by Crippen LogP contribution is 2.27. The Hall–Kier alpha value is -1.75. The van der Waals surface area contributed by atoms with E-state index in [1.54, 1.807) is 0 Å². The number of fused-ring (bicyclic) bond motifs is 1. The van der Waals surface area contributed by atoms with Gasteiger partial charge >= 0.3 is 0 Å². The molecule has 0 unspecified atom stereocenters. The number of hydrogen-bond acceptors (Lipinski definition) is 5. The second kappa shape index (κ2) is 4.13. The number of hydrogen-bond donors (Lipinski definition) is 1. The number of nitrogens with two attached hydrogens (primary N) is 1. The molecule has 1 aromatic heterocycles. The van der Waals surface area contributed by atoms with Crippen LogP contribution in [0, 0.1) is 0 Å². The van der Waals surface area contributed by atoms with Gasteiger partial charge in [-0.2, -0.15) is 4.98 Å². The predicted octanol–water partition coefficient (Wildman–Crippen LogP) is 1.94. The van der Waals surface area contributed by atoms with Crippen LogP contribution in [0.25, 0.3) is 11.1 Å². The topological polar surface area (TPSA) is 58.5 Å². The third kappa shape index (κ3) is 2.14.